The number of carbonyl (C=O) groups excluding carboxylic acids is 1. The molecule has 0 aliphatic rings. The summed E-state index contributed by atoms with van der Waals surface area (Å²) in [6.07, 6.45) is 3.53. The third kappa shape index (κ3) is 4.12. The predicted octanol–water partition coefficient (Wildman–Crippen LogP) is 3.47. The summed E-state index contributed by atoms with van der Waals surface area (Å²) in [5.41, 5.74) is 1.20. The predicted molar refractivity (Wildman–Crippen MR) is 99.8 cm³/mol. The molecule has 3 aromatic rings. The molecule has 8 nitrogen and oxygen atoms in total. The average molecular weight is 366 g/mol. The summed E-state index contributed by atoms with van der Waals surface area (Å²) in [6, 6.07) is 11.2. The topological polar surface area (TPSA) is 99.3 Å². The van der Waals surface area contributed by atoms with Crippen molar-refractivity contribution in [2.75, 3.05) is 5.32 Å². The number of benzene rings is 2. The molecule has 0 aliphatic heterocycles. The molecular weight excluding hydrogens is 348 g/mol. The molecular formula is C19H18N4O4. The van der Waals surface area contributed by atoms with E-state index in [0.717, 1.165) is 5.82 Å². The van der Waals surface area contributed by atoms with Crippen LogP contribution in [0.25, 0.3) is 0 Å². The summed E-state index contributed by atoms with van der Waals surface area (Å²) in [5.74, 6) is 1.05. The number of aryl methyl sites for hydroxylation is 1. The van der Waals surface area contributed by atoms with Gasteiger partial charge in [-0.3, -0.25) is 14.9 Å². The highest BCUT2D eigenvalue weighted by Crippen LogP contribution is 2.25. The molecule has 2 aromatic carbocycles. The van der Waals surface area contributed by atoms with Gasteiger partial charge in [0.2, 0.25) is 0 Å². The monoisotopic (exact) mass is 366 g/mol. The average Bonchev–Trinajstić information content (AvgIpc) is 3.06. The number of carbonyl (C=O) groups is 1. The lowest BCUT2D eigenvalue weighted by molar-refractivity contribution is -0.385. The van der Waals surface area contributed by atoms with Gasteiger partial charge in [-0.25, -0.2) is 4.98 Å². The summed E-state index contributed by atoms with van der Waals surface area (Å²) in [7, 11) is 1.88. The van der Waals surface area contributed by atoms with E-state index in [1.807, 2.05) is 17.8 Å². The van der Waals surface area contributed by atoms with E-state index in [2.05, 4.69) is 10.3 Å². The van der Waals surface area contributed by atoms with Crippen LogP contribution in [0.15, 0.2) is 54.9 Å². The second-order valence-corrected chi connectivity index (χ2v) is 5.93. The van der Waals surface area contributed by atoms with Crippen LogP contribution < -0.4 is 10.1 Å². The van der Waals surface area contributed by atoms with E-state index in [1.165, 1.54) is 12.1 Å². The van der Waals surface area contributed by atoms with Crippen LogP contribution in [-0.2, 0) is 13.7 Å². The number of nitrogens with one attached hydrogen (secondary N) is 1. The summed E-state index contributed by atoms with van der Waals surface area (Å²) in [5, 5.41) is 13.7. The van der Waals surface area contributed by atoms with Crippen LogP contribution in [0.5, 0.6) is 5.75 Å². The van der Waals surface area contributed by atoms with Gasteiger partial charge in [0.1, 0.15) is 18.2 Å². The van der Waals surface area contributed by atoms with Crippen LogP contribution in [0, 0.1) is 17.0 Å². The number of imidazole rings is 1. The van der Waals surface area contributed by atoms with Crippen molar-refractivity contribution in [1.82, 2.24) is 9.55 Å². The number of nitrogens with zero attached hydrogens (tertiary/aromatic N) is 3. The Labute approximate surface area is 155 Å². The van der Waals surface area contributed by atoms with E-state index < -0.39 is 4.92 Å². The molecule has 0 spiro atoms. The fraction of sp³-hybridized carbons (Fsp3) is 0.158. The number of amides is 1. The Hall–Kier alpha value is -3.68. The fourth-order valence-electron chi connectivity index (χ4n) is 2.54. The minimum Gasteiger partial charge on any atom is -0.486 e. The molecule has 0 fully saturated rings. The van der Waals surface area contributed by atoms with Crippen molar-refractivity contribution >= 4 is 17.3 Å². The highest BCUT2D eigenvalue weighted by Gasteiger charge is 2.15. The molecule has 0 saturated carbocycles. The van der Waals surface area contributed by atoms with E-state index in [-0.39, 0.29) is 11.6 Å². The Morgan fingerprint density at radius 1 is 1.26 bits per heavy atom. The molecule has 8 heteroatoms. The third-order valence-electron chi connectivity index (χ3n) is 4.16. The summed E-state index contributed by atoms with van der Waals surface area (Å²) in [6.45, 7) is 1.92. The van der Waals surface area contributed by atoms with Gasteiger partial charge in [-0.05, 0) is 37.3 Å². The zero-order chi connectivity index (χ0) is 19.4. The van der Waals surface area contributed by atoms with Crippen molar-refractivity contribution in [3.63, 3.8) is 0 Å². The van der Waals surface area contributed by atoms with Crippen molar-refractivity contribution in [1.29, 1.82) is 0 Å². The van der Waals surface area contributed by atoms with Gasteiger partial charge in [-0.1, -0.05) is 6.07 Å². The molecule has 138 valence electrons. The van der Waals surface area contributed by atoms with Crippen LogP contribution in [0.3, 0.4) is 0 Å². The van der Waals surface area contributed by atoms with Crippen molar-refractivity contribution in [3.8, 4) is 5.75 Å². The summed E-state index contributed by atoms with van der Waals surface area (Å²) in [4.78, 5) is 27.1. The number of aromatic nitrogens is 2. The summed E-state index contributed by atoms with van der Waals surface area (Å²) >= 11 is 0. The minimum atomic E-state index is -0.473. The zero-order valence-electron chi connectivity index (χ0n) is 14.9. The van der Waals surface area contributed by atoms with Crippen LogP contribution >= 0.6 is 0 Å². The second-order valence-electron chi connectivity index (χ2n) is 5.93. The standard InChI is InChI=1S/C19H18N4O4/c1-13-16(4-3-5-17(13)23(25)26)21-19(24)14-6-8-15(9-7-14)27-12-18-20-10-11-22(18)2/h3-11H,12H2,1-2H3,(H,21,24). The zero-order valence-corrected chi connectivity index (χ0v) is 14.9. The van der Waals surface area contributed by atoms with E-state index in [9.17, 15) is 14.9 Å². The van der Waals surface area contributed by atoms with Gasteiger partial charge in [0, 0.05) is 31.1 Å². The first-order valence-electron chi connectivity index (χ1n) is 8.20. The Balaban J connectivity index is 1.67. The lowest BCUT2D eigenvalue weighted by Crippen LogP contribution is -2.13. The number of nitro groups is 1. The molecule has 0 radical (unpaired) electrons. The molecule has 0 bridgehead atoms. The third-order valence-corrected chi connectivity index (χ3v) is 4.16. The Morgan fingerprint density at radius 3 is 2.63 bits per heavy atom. The number of hydrogen-bond acceptors (Lipinski definition) is 5. The van der Waals surface area contributed by atoms with Gasteiger partial charge in [0.25, 0.3) is 11.6 Å². The Morgan fingerprint density at radius 2 is 2.00 bits per heavy atom. The molecule has 1 amide bonds. The minimum absolute atomic E-state index is 0.0363. The van der Waals surface area contributed by atoms with Gasteiger partial charge in [-0.2, -0.15) is 0 Å². The number of hydrogen-bond donors (Lipinski definition) is 1. The Kier molecular flexibility index (Phi) is 5.16. The fourth-order valence-corrected chi connectivity index (χ4v) is 2.54. The molecule has 0 saturated heterocycles. The maximum Gasteiger partial charge on any atom is 0.274 e. The molecule has 27 heavy (non-hydrogen) atoms. The first kappa shape index (κ1) is 18.1. The van der Waals surface area contributed by atoms with Gasteiger partial charge >= 0.3 is 0 Å². The first-order chi connectivity index (χ1) is 13.0. The molecule has 1 N–H and O–H groups in total. The quantitative estimate of drug-likeness (QED) is 0.532. The van der Waals surface area contributed by atoms with E-state index in [1.54, 1.807) is 43.5 Å². The van der Waals surface area contributed by atoms with Crippen molar-refractivity contribution in [2.45, 2.75) is 13.5 Å². The van der Waals surface area contributed by atoms with Gasteiger partial charge in [0.05, 0.1) is 16.2 Å². The highest BCUT2D eigenvalue weighted by molar-refractivity contribution is 6.04. The normalized spacial score (nSPS) is 10.4. The molecule has 1 heterocycles. The lowest BCUT2D eigenvalue weighted by atomic mass is 10.1. The Bertz CT molecular complexity index is 980. The number of rotatable bonds is 6. The molecule has 0 unspecified atom stereocenters. The largest absolute Gasteiger partial charge is 0.486 e. The maximum absolute atomic E-state index is 12.4. The van der Waals surface area contributed by atoms with Gasteiger partial charge in [0.15, 0.2) is 0 Å². The van der Waals surface area contributed by atoms with Crippen LogP contribution in [0.4, 0.5) is 11.4 Å². The van der Waals surface area contributed by atoms with Crippen LogP contribution in [0.2, 0.25) is 0 Å². The number of anilines is 1. The van der Waals surface area contributed by atoms with Crippen molar-refractivity contribution in [2.24, 2.45) is 7.05 Å². The van der Waals surface area contributed by atoms with E-state index in [4.69, 9.17) is 4.74 Å². The molecule has 3 rings (SSSR count). The first-order valence-corrected chi connectivity index (χ1v) is 8.20. The maximum atomic E-state index is 12.4. The number of ether oxygens (including phenoxy) is 1. The molecule has 0 aliphatic carbocycles. The summed E-state index contributed by atoms with van der Waals surface area (Å²) < 4.78 is 7.52. The molecule has 0 atom stereocenters. The van der Waals surface area contributed by atoms with Gasteiger partial charge in [-0.15, -0.1) is 0 Å². The highest BCUT2D eigenvalue weighted by atomic mass is 16.6. The SMILES string of the molecule is Cc1c(NC(=O)c2ccc(OCc3nccn3C)cc2)cccc1[N+](=O)[O-]. The van der Waals surface area contributed by atoms with Crippen molar-refractivity contribution in [3.05, 3.63) is 81.9 Å². The lowest BCUT2D eigenvalue weighted by Gasteiger charge is -2.10. The van der Waals surface area contributed by atoms with Crippen LogP contribution in [-0.4, -0.2) is 20.4 Å². The smallest absolute Gasteiger partial charge is 0.274 e. The molecule has 1 aromatic heterocycles. The van der Waals surface area contributed by atoms with Crippen molar-refractivity contribution < 1.29 is 14.5 Å². The second kappa shape index (κ2) is 7.69. The van der Waals surface area contributed by atoms with Gasteiger partial charge < -0.3 is 14.6 Å². The van der Waals surface area contributed by atoms with Crippen LogP contribution in [0.1, 0.15) is 21.7 Å². The van der Waals surface area contributed by atoms with E-state index in [0.29, 0.717) is 29.2 Å². The number of nitro benzene ring substituents is 1. The van der Waals surface area contributed by atoms with E-state index >= 15 is 0 Å².